The number of fused-ring (bicyclic) bond motifs is 1. The van der Waals surface area contributed by atoms with Crippen molar-refractivity contribution in [3.05, 3.63) is 87.3 Å². The molecule has 0 fully saturated rings. The number of anilines is 3. The first-order chi connectivity index (χ1) is 14.5. The molecule has 6 nitrogen and oxygen atoms in total. The van der Waals surface area contributed by atoms with E-state index in [0.29, 0.717) is 33.4 Å². The van der Waals surface area contributed by atoms with Crippen LogP contribution in [0.25, 0.3) is 10.9 Å². The first-order valence-corrected chi connectivity index (χ1v) is 9.38. The zero-order valence-corrected chi connectivity index (χ0v) is 16.5. The maximum absolute atomic E-state index is 14.3. The van der Waals surface area contributed by atoms with Crippen molar-refractivity contribution >= 4 is 40.0 Å². The van der Waals surface area contributed by atoms with Gasteiger partial charge in [0.1, 0.15) is 5.82 Å². The van der Waals surface area contributed by atoms with Gasteiger partial charge in [0, 0.05) is 35.4 Å². The van der Waals surface area contributed by atoms with E-state index in [1.807, 2.05) is 6.07 Å². The fourth-order valence-corrected chi connectivity index (χ4v) is 3.36. The van der Waals surface area contributed by atoms with Gasteiger partial charge in [-0.2, -0.15) is 4.98 Å². The summed E-state index contributed by atoms with van der Waals surface area (Å²) < 4.78 is 28.0. The van der Waals surface area contributed by atoms with Crippen molar-refractivity contribution in [3.63, 3.8) is 0 Å². The van der Waals surface area contributed by atoms with Crippen molar-refractivity contribution < 1.29 is 8.78 Å². The summed E-state index contributed by atoms with van der Waals surface area (Å²) in [5.41, 5.74) is 0.421. The lowest BCUT2D eigenvalue weighted by atomic mass is 10.1. The van der Waals surface area contributed by atoms with Gasteiger partial charge in [-0.3, -0.25) is 4.79 Å². The van der Waals surface area contributed by atoms with E-state index in [4.69, 9.17) is 11.6 Å². The fraction of sp³-hybridized carbons (Fsp3) is 0.0952. The standard InChI is InChI=1S/C21H16ClF2N5O/c1-25-17-7-8-26-21(27-17)29(14-4-2-3-13(22)10-14)11-12-9-18(30)28-20-15(12)5-6-16(23)19(20)24/h2-10H,11H2,1H3,(H,28,30)(H,25,26,27). The topological polar surface area (TPSA) is 73.9 Å². The summed E-state index contributed by atoms with van der Waals surface area (Å²) in [7, 11) is 1.73. The van der Waals surface area contributed by atoms with Crippen molar-refractivity contribution in [3.8, 4) is 0 Å². The summed E-state index contributed by atoms with van der Waals surface area (Å²) in [6.07, 6.45) is 1.59. The van der Waals surface area contributed by atoms with Crippen LogP contribution in [0.5, 0.6) is 0 Å². The Balaban J connectivity index is 1.89. The largest absolute Gasteiger partial charge is 0.373 e. The molecular weight excluding hydrogens is 412 g/mol. The Morgan fingerprint density at radius 1 is 1.17 bits per heavy atom. The van der Waals surface area contributed by atoms with Crippen molar-refractivity contribution in [1.82, 2.24) is 15.0 Å². The van der Waals surface area contributed by atoms with Crippen LogP contribution >= 0.6 is 11.6 Å². The van der Waals surface area contributed by atoms with Gasteiger partial charge in [0.05, 0.1) is 12.1 Å². The van der Waals surface area contributed by atoms with E-state index in [1.165, 1.54) is 12.1 Å². The predicted octanol–water partition coefficient (Wildman–Crippen LogP) is 4.63. The molecular formula is C21H16ClF2N5O. The molecule has 2 aromatic heterocycles. The first-order valence-electron chi connectivity index (χ1n) is 9.00. The third-order valence-corrected chi connectivity index (χ3v) is 4.82. The number of hydrogen-bond acceptors (Lipinski definition) is 5. The number of benzene rings is 2. The zero-order valence-electron chi connectivity index (χ0n) is 15.8. The molecule has 0 amide bonds. The van der Waals surface area contributed by atoms with Crippen molar-refractivity contribution in [2.75, 3.05) is 17.3 Å². The third-order valence-electron chi connectivity index (χ3n) is 4.58. The van der Waals surface area contributed by atoms with Crippen LogP contribution in [-0.2, 0) is 6.54 Å². The Labute approximate surface area is 175 Å². The molecule has 0 saturated carbocycles. The van der Waals surface area contributed by atoms with E-state index in [1.54, 1.807) is 42.4 Å². The number of aromatic amines is 1. The maximum atomic E-state index is 14.3. The second-order valence-corrected chi connectivity index (χ2v) is 6.94. The van der Waals surface area contributed by atoms with Gasteiger partial charge in [-0.15, -0.1) is 0 Å². The summed E-state index contributed by atoms with van der Waals surface area (Å²) in [6.45, 7) is 0.124. The second-order valence-electron chi connectivity index (χ2n) is 6.50. The number of aromatic nitrogens is 3. The van der Waals surface area contributed by atoms with Gasteiger partial charge < -0.3 is 15.2 Å². The second kappa shape index (κ2) is 8.08. The molecule has 2 N–H and O–H groups in total. The fourth-order valence-electron chi connectivity index (χ4n) is 3.18. The maximum Gasteiger partial charge on any atom is 0.248 e. The average molecular weight is 428 g/mol. The van der Waals surface area contributed by atoms with Crippen LogP contribution in [0.1, 0.15) is 5.56 Å². The van der Waals surface area contributed by atoms with E-state index in [-0.39, 0.29) is 12.1 Å². The highest BCUT2D eigenvalue weighted by atomic mass is 35.5. The quantitative estimate of drug-likeness (QED) is 0.486. The summed E-state index contributed by atoms with van der Waals surface area (Å²) in [6, 6.07) is 12.6. The predicted molar refractivity (Wildman–Crippen MR) is 113 cm³/mol. The smallest absolute Gasteiger partial charge is 0.248 e. The van der Waals surface area contributed by atoms with E-state index in [2.05, 4.69) is 20.3 Å². The summed E-state index contributed by atoms with van der Waals surface area (Å²) in [5, 5.41) is 3.84. The molecule has 0 aliphatic rings. The molecule has 0 atom stereocenters. The summed E-state index contributed by atoms with van der Waals surface area (Å²) in [4.78, 5) is 25.1. The lowest BCUT2D eigenvalue weighted by Crippen LogP contribution is -2.21. The van der Waals surface area contributed by atoms with Crippen LogP contribution in [0.2, 0.25) is 5.02 Å². The molecule has 0 radical (unpaired) electrons. The number of H-pyrrole nitrogens is 1. The zero-order chi connectivity index (χ0) is 21.3. The van der Waals surface area contributed by atoms with Gasteiger partial charge in [-0.05, 0) is 42.0 Å². The molecule has 0 saturated heterocycles. The Kier molecular flexibility index (Phi) is 5.33. The third kappa shape index (κ3) is 3.81. The molecule has 0 bridgehead atoms. The van der Waals surface area contributed by atoms with Crippen LogP contribution in [-0.4, -0.2) is 22.0 Å². The molecule has 4 rings (SSSR count). The van der Waals surface area contributed by atoms with E-state index < -0.39 is 17.2 Å². The van der Waals surface area contributed by atoms with Crippen LogP contribution in [0, 0.1) is 11.6 Å². The van der Waals surface area contributed by atoms with Gasteiger partial charge in [0.15, 0.2) is 11.6 Å². The van der Waals surface area contributed by atoms with Gasteiger partial charge in [0.25, 0.3) is 0 Å². The molecule has 0 spiro atoms. The summed E-state index contributed by atoms with van der Waals surface area (Å²) >= 11 is 6.17. The van der Waals surface area contributed by atoms with Gasteiger partial charge in [-0.25, -0.2) is 13.8 Å². The van der Waals surface area contributed by atoms with E-state index in [9.17, 15) is 13.6 Å². The van der Waals surface area contributed by atoms with Gasteiger partial charge in [-0.1, -0.05) is 17.7 Å². The SMILES string of the molecule is CNc1ccnc(N(Cc2cc(=O)[nH]c3c(F)c(F)ccc23)c2cccc(Cl)c2)n1. The minimum Gasteiger partial charge on any atom is -0.373 e. The van der Waals surface area contributed by atoms with Crippen molar-refractivity contribution in [1.29, 1.82) is 0 Å². The molecule has 0 aliphatic heterocycles. The molecule has 152 valence electrons. The molecule has 9 heteroatoms. The van der Waals surface area contributed by atoms with Crippen molar-refractivity contribution in [2.24, 2.45) is 0 Å². The minimum atomic E-state index is -1.10. The number of hydrogen-bond donors (Lipinski definition) is 2. The molecule has 0 aliphatic carbocycles. The average Bonchev–Trinajstić information content (AvgIpc) is 2.74. The molecule has 4 aromatic rings. The van der Waals surface area contributed by atoms with Gasteiger partial charge in [0.2, 0.25) is 11.5 Å². The number of nitrogens with one attached hydrogen (secondary N) is 2. The Hall–Kier alpha value is -3.52. The Morgan fingerprint density at radius 2 is 2.00 bits per heavy atom. The highest BCUT2D eigenvalue weighted by Gasteiger charge is 2.18. The molecule has 2 heterocycles. The van der Waals surface area contributed by atoms with E-state index in [0.717, 1.165) is 6.07 Å². The van der Waals surface area contributed by atoms with E-state index >= 15 is 0 Å². The number of halogens is 3. The number of nitrogens with zero attached hydrogens (tertiary/aromatic N) is 3. The normalized spacial score (nSPS) is 10.9. The van der Waals surface area contributed by atoms with Crippen LogP contribution in [0.3, 0.4) is 0 Å². The van der Waals surface area contributed by atoms with Crippen LogP contribution in [0.4, 0.5) is 26.2 Å². The molecule has 2 aromatic carbocycles. The minimum absolute atomic E-state index is 0.124. The molecule has 30 heavy (non-hydrogen) atoms. The van der Waals surface area contributed by atoms with Crippen LogP contribution in [0.15, 0.2) is 59.5 Å². The molecule has 0 unspecified atom stereocenters. The summed E-state index contributed by atoms with van der Waals surface area (Å²) in [5.74, 6) is -1.20. The lowest BCUT2D eigenvalue weighted by Gasteiger charge is -2.24. The Bertz CT molecular complexity index is 1290. The van der Waals surface area contributed by atoms with Crippen molar-refractivity contribution in [2.45, 2.75) is 6.54 Å². The first kappa shape index (κ1) is 19.8. The van der Waals surface area contributed by atoms with Gasteiger partial charge >= 0.3 is 0 Å². The Morgan fingerprint density at radius 3 is 2.77 bits per heavy atom. The monoisotopic (exact) mass is 427 g/mol. The number of pyridine rings is 1. The number of rotatable bonds is 5. The highest BCUT2D eigenvalue weighted by Crippen LogP contribution is 2.29. The highest BCUT2D eigenvalue weighted by molar-refractivity contribution is 6.30. The lowest BCUT2D eigenvalue weighted by molar-refractivity contribution is 0.515. The van der Waals surface area contributed by atoms with Crippen LogP contribution < -0.4 is 15.8 Å².